The molecule has 1 saturated heterocycles. The summed E-state index contributed by atoms with van der Waals surface area (Å²) < 4.78 is 32.1. The molecule has 1 heterocycles. The van der Waals surface area contributed by atoms with Gasteiger partial charge in [0.05, 0.1) is 9.92 Å². The molecule has 6 nitrogen and oxygen atoms in total. The van der Waals surface area contributed by atoms with Crippen molar-refractivity contribution in [2.45, 2.75) is 24.2 Å². The SMILES string of the molecule is O=C(COc1ccccc1Cl)Nc1ccc(S(=O)(=O)N2CCCCC2)cc1. The van der Waals surface area contributed by atoms with Crippen LogP contribution in [0.2, 0.25) is 5.02 Å². The Bertz CT molecular complexity index is 894. The predicted molar refractivity (Wildman–Crippen MR) is 105 cm³/mol. The molecule has 2 aromatic rings. The van der Waals surface area contributed by atoms with Gasteiger partial charge in [-0.1, -0.05) is 30.2 Å². The van der Waals surface area contributed by atoms with Gasteiger partial charge in [-0.3, -0.25) is 4.79 Å². The number of nitrogens with one attached hydrogen (secondary N) is 1. The van der Waals surface area contributed by atoms with Crippen molar-refractivity contribution in [3.05, 3.63) is 53.6 Å². The maximum atomic E-state index is 12.6. The molecule has 8 heteroatoms. The molecule has 1 aliphatic rings. The van der Waals surface area contributed by atoms with Gasteiger partial charge < -0.3 is 10.1 Å². The highest BCUT2D eigenvalue weighted by atomic mass is 35.5. The van der Waals surface area contributed by atoms with Crippen molar-refractivity contribution in [1.82, 2.24) is 4.31 Å². The summed E-state index contributed by atoms with van der Waals surface area (Å²) >= 11 is 5.97. The number of hydrogen-bond acceptors (Lipinski definition) is 4. The van der Waals surface area contributed by atoms with Gasteiger partial charge in [-0.2, -0.15) is 4.31 Å². The van der Waals surface area contributed by atoms with E-state index < -0.39 is 10.0 Å². The number of benzene rings is 2. The van der Waals surface area contributed by atoms with Crippen LogP contribution in [0.5, 0.6) is 5.75 Å². The first kappa shape index (κ1) is 19.7. The normalized spacial score (nSPS) is 15.3. The van der Waals surface area contributed by atoms with Gasteiger partial charge in [0.1, 0.15) is 5.75 Å². The standard InChI is InChI=1S/C19H21ClN2O4S/c20-17-6-2-3-7-18(17)26-14-19(23)21-15-8-10-16(11-9-15)27(24,25)22-12-4-1-5-13-22/h2-3,6-11H,1,4-5,12-14H2,(H,21,23). The Labute approximate surface area is 164 Å². The quantitative estimate of drug-likeness (QED) is 0.793. The number of carbonyl (C=O) groups excluding carboxylic acids is 1. The molecule has 144 valence electrons. The zero-order valence-corrected chi connectivity index (χ0v) is 16.3. The average molecular weight is 409 g/mol. The Morgan fingerprint density at radius 2 is 1.70 bits per heavy atom. The Balaban J connectivity index is 1.58. The maximum absolute atomic E-state index is 12.6. The van der Waals surface area contributed by atoms with Crippen LogP contribution < -0.4 is 10.1 Å². The summed E-state index contributed by atoms with van der Waals surface area (Å²) in [5.74, 6) is 0.0684. The van der Waals surface area contributed by atoms with Gasteiger partial charge in [0.15, 0.2) is 6.61 Å². The largest absolute Gasteiger partial charge is 0.482 e. The third-order valence-corrected chi connectivity index (χ3v) is 6.51. The van der Waals surface area contributed by atoms with Crippen LogP contribution in [0.25, 0.3) is 0 Å². The zero-order chi connectivity index (χ0) is 19.3. The molecule has 1 aliphatic heterocycles. The van der Waals surface area contributed by atoms with E-state index in [1.165, 1.54) is 16.4 Å². The van der Waals surface area contributed by atoms with Crippen molar-refractivity contribution < 1.29 is 17.9 Å². The number of amides is 1. The topological polar surface area (TPSA) is 75.7 Å². The van der Waals surface area contributed by atoms with Crippen molar-refractivity contribution in [3.8, 4) is 5.75 Å². The van der Waals surface area contributed by atoms with Crippen LogP contribution in [-0.2, 0) is 14.8 Å². The first-order valence-corrected chi connectivity index (χ1v) is 10.6. The van der Waals surface area contributed by atoms with Crippen LogP contribution in [0.1, 0.15) is 19.3 Å². The summed E-state index contributed by atoms with van der Waals surface area (Å²) in [6.45, 7) is 0.915. The molecular formula is C19H21ClN2O4S. The molecule has 27 heavy (non-hydrogen) atoms. The Morgan fingerprint density at radius 1 is 1.04 bits per heavy atom. The first-order valence-electron chi connectivity index (χ1n) is 8.74. The fourth-order valence-corrected chi connectivity index (χ4v) is 4.57. The number of halogens is 1. The molecule has 0 spiro atoms. The van der Waals surface area contributed by atoms with E-state index in [0.717, 1.165) is 19.3 Å². The number of hydrogen-bond donors (Lipinski definition) is 1. The molecule has 0 unspecified atom stereocenters. The second-order valence-electron chi connectivity index (χ2n) is 6.26. The molecule has 0 saturated carbocycles. The third-order valence-electron chi connectivity index (χ3n) is 4.29. The van der Waals surface area contributed by atoms with Gasteiger partial charge in [-0.25, -0.2) is 8.42 Å². The van der Waals surface area contributed by atoms with Gasteiger partial charge in [-0.15, -0.1) is 0 Å². The maximum Gasteiger partial charge on any atom is 0.262 e. The van der Waals surface area contributed by atoms with Crippen LogP contribution in [0.15, 0.2) is 53.4 Å². The molecule has 1 N–H and O–H groups in total. The smallest absolute Gasteiger partial charge is 0.262 e. The van der Waals surface area contributed by atoms with Crippen LogP contribution >= 0.6 is 11.6 Å². The van der Waals surface area contributed by atoms with Crippen LogP contribution in [0.4, 0.5) is 5.69 Å². The highest BCUT2D eigenvalue weighted by Gasteiger charge is 2.25. The number of carbonyl (C=O) groups is 1. The van der Waals surface area contributed by atoms with E-state index in [-0.39, 0.29) is 17.4 Å². The van der Waals surface area contributed by atoms with Crippen LogP contribution in [0, 0.1) is 0 Å². The fourth-order valence-electron chi connectivity index (χ4n) is 2.87. The van der Waals surface area contributed by atoms with Gasteiger partial charge in [0.25, 0.3) is 5.91 Å². The van der Waals surface area contributed by atoms with Gasteiger partial charge in [-0.05, 0) is 49.2 Å². The molecule has 2 aromatic carbocycles. The minimum atomic E-state index is -3.48. The predicted octanol–water partition coefficient (Wildman–Crippen LogP) is 3.53. The van der Waals surface area contributed by atoms with Crippen molar-refractivity contribution in [3.63, 3.8) is 0 Å². The highest BCUT2D eigenvalue weighted by molar-refractivity contribution is 7.89. The van der Waals surface area contributed by atoms with Gasteiger partial charge in [0.2, 0.25) is 10.0 Å². The molecule has 3 rings (SSSR count). The van der Waals surface area contributed by atoms with E-state index in [1.54, 1.807) is 36.4 Å². The van der Waals surface area contributed by atoms with E-state index in [4.69, 9.17) is 16.3 Å². The minimum Gasteiger partial charge on any atom is -0.482 e. The van der Waals surface area contributed by atoms with Crippen molar-refractivity contribution >= 4 is 33.2 Å². The minimum absolute atomic E-state index is 0.197. The summed E-state index contributed by atoms with van der Waals surface area (Å²) in [5, 5.41) is 3.10. The third kappa shape index (κ3) is 5.00. The number of ether oxygens (including phenoxy) is 1. The lowest BCUT2D eigenvalue weighted by Gasteiger charge is -2.25. The lowest BCUT2D eigenvalue weighted by atomic mass is 10.2. The molecule has 0 bridgehead atoms. The first-order chi connectivity index (χ1) is 13.0. The van der Waals surface area contributed by atoms with Crippen LogP contribution in [-0.4, -0.2) is 38.3 Å². The molecule has 0 aromatic heterocycles. The van der Waals surface area contributed by atoms with E-state index in [2.05, 4.69) is 5.32 Å². The summed E-state index contributed by atoms with van der Waals surface area (Å²) in [7, 11) is -3.48. The average Bonchev–Trinajstić information content (AvgIpc) is 2.68. The van der Waals surface area contributed by atoms with Gasteiger partial charge >= 0.3 is 0 Å². The van der Waals surface area contributed by atoms with E-state index in [0.29, 0.717) is 29.5 Å². The Hall–Kier alpha value is -2.09. The number of piperidine rings is 1. The van der Waals surface area contributed by atoms with Gasteiger partial charge in [0, 0.05) is 18.8 Å². The van der Waals surface area contributed by atoms with E-state index in [9.17, 15) is 13.2 Å². The molecule has 0 radical (unpaired) electrons. The molecule has 0 aliphatic carbocycles. The monoisotopic (exact) mass is 408 g/mol. The molecule has 1 amide bonds. The summed E-state index contributed by atoms with van der Waals surface area (Å²) in [4.78, 5) is 12.3. The highest BCUT2D eigenvalue weighted by Crippen LogP contribution is 2.24. The summed E-state index contributed by atoms with van der Waals surface area (Å²) in [6, 6.07) is 13.1. The van der Waals surface area contributed by atoms with Crippen LogP contribution in [0.3, 0.4) is 0 Å². The number of para-hydroxylation sites is 1. The molecular weight excluding hydrogens is 388 g/mol. The second kappa shape index (κ2) is 8.73. The zero-order valence-electron chi connectivity index (χ0n) is 14.7. The number of sulfonamides is 1. The van der Waals surface area contributed by atoms with Crippen molar-refractivity contribution in [2.24, 2.45) is 0 Å². The molecule has 1 fully saturated rings. The Kier molecular flexibility index (Phi) is 6.36. The lowest BCUT2D eigenvalue weighted by molar-refractivity contribution is -0.118. The fraction of sp³-hybridized carbons (Fsp3) is 0.316. The second-order valence-corrected chi connectivity index (χ2v) is 8.60. The number of rotatable bonds is 6. The van der Waals surface area contributed by atoms with Crippen molar-refractivity contribution in [1.29, 1.82) is 0 Å². The van der Waals surface area contributed by atoms with E-state index >= 15 is 0 Å². The number of anilines is 1. The lowest BCUT2D eigenvalue weighted by Crippen LogP contribution is -2.35. The number of nitrogens with zero attached hydrogens (tertiary/aromatic N) is 1. The molecule has 0 atom stereocenters. The Morgan fingerprint density at radius 3 is 2.37 bits per heavy atom. The van der Waals surface area contributed by atoms with Crippen molar-refractivity contribution in [2.75, 3.05) is 25.0 Å². The summed E-state index contributed by atoms with van der Waals surface area (Å²) in [5.41, 5.74) is 0.500. The summed E-state index contributed by atoms with van der Waals surface area (Å²) in [6.07, 6.45) is 2.84. The van der Waals surface area contributed by atoms with E-state index in [1.807, 2.05) is 0 Å².